The molecular weight excluding hydrogens is 560 g/mol. The zero-order valence-electron chi connectivity index (χ0n) is 27.1. The number of fused-ring (bicyclic) bond motifs is 1. The van der Waals surface area contributed by atoms with E-state index in [1.54, 1.807) is 21.1 Å². The van der Waals surface area contributed by atoms with E-state index >= 15 is 0 Å². The second-order valence-corrected chi connectivity index (χ2v) is 12.7. The fraction of sp³-hybridized carbons (Fsp3) is 0.588. The maximum absolute atomic E-state index is 13.5. The smallest absolute Gasteiger partial charge is 0.239 e. The van der Waals surface area contributed by atoms with Crippen molar-refractivity contribution in [3.8, 4) is 11.5 Å². The van der Waals surface area contributed by atoms with Crippen molar-refractivity contribution in [2.45, 2.75) is 83.2 Å². The van der Waals surface area contributed by atoms with Crippen LogP contribution in [0, 0.1) is 0 Å². The van der Waals surface area contributed by atoms with Gasteiger partial charge in [0.25, 0.3) is 0 Å². The van der Waals surface area contributed by atoms with Gasteiger partial charge in [-0.15, -0.1) is 0 Å². The van der Waals surface area contributed by atoms with Crippen molar-refractivity contribution in [3.05, 3.63) is 53.6 Å². The summed E-state index contributed by atoms with van der Waals surface area (Å²) in [7, 11) is 3.38. The van der Waals surface area contributed by atoms with Crippen molar-refractivity contribution in [2.75, 3.05) is 52.0 Å². The lowest BCUT2D eigenvalue weighted by molar-refractivity contribution is -0.142. The predicted molar refractivity (Wildman–Crippen MR) is 171 cm³/mol. The highest BCUT2D eigenvalue weighted by molar-refractivity contribution is 5.81. The van der Waals surface area contributed by atoms with Crippen LogP contribution in [0.1, 0.15) is 64.0 Å². The van der Waals surface area contributed by atoms with Gasteiger partial charge in [0.05, 0.1) is 38.1 Å². The van der Waals surface area contributed by atoms with Crippen LogP contribution in [0.25, 0.3) is 0 Å². The monoisotopic (exact) mass is 610 g/mol. The Bertz CT molecular complexity index is 1250. The molecule has 2 aliphatic rings. The summed E-state index contributed by atoms with van der Waals surface area (Å²) in [6.07, 6.45) is 1.93. The van der Waals surface area contributed by atoms with Gasteiger partial charge >= 0.3 is 0 Å². The summed E-state index contributed by atoms with van der Waals surface area (Å²) in [6.45, 7) is 11.1. The summed E-state index contributed by atoms with van der Waals surface area (Å²) in [5.41, 5.74) is 8.86. The lowest BCUT2D eigenvalue weighted by Crippen LogP contribution is -2.58. The van der Waals surface area contributed by atoms with Gasteiger partial charge in [-0.05, 0) is 75.4 Å². The summed E-state index contributed by atoms with van der Waals surface area (Å²) < 4.78 is 23.3. The van der Waals surface area contributed by atoms with E-state index in [2.05, 4.69) is 28.4 Å². The number of nitrogens with zero attached hydrogens (tertiary/aromatic N) is 2. The molecule has 0 aliphatic carbocycles. The van der Waals surface area contributed by atoms with Crippen LogP contribution in [0.5, 0.6) is 11.5 Å². The molecule has 0 saturated carbocycles. The molecule has 2 aliphatic heterocycles. The van der Waals surface area contributed by atoms with Gasteiger partial charge in [-0.1, -0.05) is 18.2 Å². The molecule has 1 fully saturated rings. The fourth-order valence-electron chi connectivity index (χ4n) is 6.50. The fourth-order valence-corrected chi connectivity index (χ4v) is 6.50. The average Bonchev–Trinajstić information content (AvgIpc) is 2.99. The van der Waals surface area contributed by atoms with Gasteiger partial charge in [0.15, 0.2) is 0 Å². The second kappa shape index (κ2) is 15.1. The minimum Gasteiger partial charge on any atom is -0.497 e. The molecule has 44 heavy (non-hydrogen) atoms. The third kappa shape index (κ3) is 8.64. The number of anilines is 1. The van der Waals surface area contributed by atoms with Crippen LogP contribution in [-0.4, -0.2) is 87.5 Å². The van der Waals surface area contributed by atoms with Crippen LogP contribution in [0.2, 0.25) is 0 Å². The number of likely N-dealkylation sites (tertiary alicyclic amines) is 1. The van der Waals surface area contributed by atoms with E-state index in [9.17, 15) is 9.59 Å². The molecule has 0 aromatic heterocycles. The van der Waals surface area contributed by atoms with Gasteiger partial charge in [0.1, 0.15) is 18.1 Å². The van der Waals surface area contributed by atoms with E-state index in [0.29, 0.717) is 39.2 Å². The zero-order valence-corrected chi connectivity index (χ0v) is 27.1. The molecule has 0 spiro atoms. The summed E-state index contributed by atoms with van der Waals surface area (Å²) in [5, 5.41) is 3.05. The molecule has 4 rings (SSSR count). The number of methoxy groups -OCH3 is 2. The zero-order chi connectivity index (χ0) is 31.9. The standard InChI is InChI=1S/C34H50N4O6/c1-23(35)33(40)38-21-32(44-22-25-8-13-31-30(18-25)37(15-17-43-31)14-7-16-41-5)29(26-9-11-28(42-6)12-10-26)19-27(38)20-34(3,4)36-24(2)39/h8-13,18,23,27,29,32H,7,14-17,19-22,35H2,1-6H3,(H,36,39)/t23?,27-,29-,32+/m1/s1. The van der Waals surface area contributed by atoms with Gasteiger partial charge in [-0.3, -0.25) is 9.59 Å². The predicted octanol–water partition coefficient (Wildman–Crippen LogP) is 3.85. The van der Waals surface area contributed by atoms with Crippen molar-refractivity contribution < 1.29 is 28.5 Å². The van der Waals surface area contributed by atoms with E-state index in [0.717, 1.165) is 47.8 Å². The van der Waals surface area contributed by atoms with Gasteiger partial charge < -0.3 is 39.8 Å². The van der Waals surface area contributed by atoms with Crippen molar-refractivity contribution in [3.63, 3.8) is 0 Å². The SMILES string of the molecule is COCCCN1CCOc2ccc(CO[C@H]3CN(C(=O)C(C)N)[C@@H](CC(C)(C)NC(C)=O)C[C@@H]3c3ccc(OC)cc3)cc21. The molecule has 2 aromatic rings. The van der Waals surface area contributed by atoms with Gasteiger partial charge in [0, 0.05) is 51.2 Å². The molecule has 1 unspecified atom stereocenters. The number of carbonyl (C=O) groups is 2. The Hall–Kier alpha value is -3.34. The minimum atomic E-state index is -0.649. The van der Waals surface area contributed by atoms with Crippen LogP contribution in [0.3, 0.4) is 0 Å². The van der Waals surface area contributed by atoms with Crippen LogP contribution in [0.4, 0.5) is 5.69 Å². The highest BCUT2D eigenvalue weighted by atomic mass is 16.5. The summed E-state index contributed by atoms with van der Waals surface area (Å²) in [4.78, 5) is 29.7. The quantitative estimate of drug-likeness (QED) is 0.329. The molecule has 1 saturated heterocycles. The molecule has 10 nitrogen and oxygen atoms in total. The van der Waals surface area contributed by atoms with E-state index in [1.807, 2.05) is 43.0 Å². The number of ether oxygens (including phenoxy) is 4. The lowest BCUT2D eigenvalue weighted by Gasteiger charge is -2.47. The molecule has 4 atom stereocenters. The Kier molecular flexibility index (Phi) is 11.5. The number of rotatable bonds is 13. The normalized spacial score (nSPS) is 20.8. The lowest BCUT2D eigenvalue weighted by atomic mass is 9.79. The van der Waals surface area contributed by atoms with Crippen molar-refractivity contribution in [2.24, 2.45) is 5.73 Å². The maximum Gasteiger partial charge on any atom is 0.239 e. The highest BCUT2D eigenvalue weighted by Gasteiger charge is 2.42. The molecular formula is C34H50N4O6. The Morgan fingerprint density at radius 1 is 1.16 bits per heavy atom. The Morgan fingerprint density at radius 3 is 2.57 bits per heavy atom. The van der Waals surface area contributed by atoms with Crippen LogP contribution in [-0.2, 0) is 25.7 Å². The number of amides is 2. The summed E-state index contributed by atoms with van der Waals surface area (Å²) in [6, 6.07) is 13.5. The first kappa shape index (κ1) is 33.6. The molecule has 0 radical (unpaired) electrons. The number of piperidine rings is 1. The second-order valence-electron chi connectivity index (χ2n) is 12.7. The number of carbonyl (C=O) groups excluding carboxylic acids is 2. The molecule has 2 heterocycles. The first-order chi connectivity index (χ1) is 21.0. The molecule has 2 aromatic carbocycles. The molecule has 0 bridgehead atoms. The molecule has 10 heteroatoms. The Labute approximate surface area is 262 Å². The molecule has 242 valence electrons. The topological polar surface area (TPSA) is 116 Å². The summed E-state index contributed by atoms with van der Waals surface area (Å²) >= 11 is 0. The van der Waals surface area contributed by atoms with Crippen molar-refractivity contribution >= 4 is 17.5 Å². The number of nitrogens with two attached hydrogens (primary N) is 1. The third-order valence-corrected chi connectivity index (χ3v) is 8.49. The van der Waals surface area contributed by atoms with Crippen molar-refractivity contribution in [1.29, 1.82) is 0 Å². The number of hydrogen-bond donors (Lipinski definition) is 2. The van der Waals surface area contributed by atoms with E-state index in [4.69, 9.17) is 24.7 Å². The van der Waals surface area contributed by atoms with E-state index in [-0.39, 0.29) is 29.9 Å². The van der Waals surface area contributed by atoms with Crippen LogP contribution < -0.4 is 25.4 Å². The highest BCUT2D eigenvalue weighted by Crippen LogP contribution is 2.39. The number of nitrogens with one attached hydrogen (secondary N) is 1. The van der Waals surface area contributed by atoms with Gasteiger partial charge in [0.2, 0.25) is 11.8 Å². The maximum atomic E-state index is 13.5. The first-order valence-electron chi connectivity index (χ1n) is 15.6. The third-order valence-electron chi connectivity index (χ3n) is 8.49. The molecule has 2 amide bonds. The van der Waals surface area contributed by atoms with Gasteiger partial charge in [-0.25, -0.2) is 0 Å². The minimum absolute atomic E-state index is 0.0164. The summed E-state index contributed by atoms with van der Waals surface area (Å²) in [5.74, 6) is 1.46. The van der Waals surface area contributed by atoms with Crippen LogP contribution >= 0.6 is 0 Å². The average molecular weight is 611 g/mol. The number of benzene rings is 2. The Balaban J connectivity index is 1.60. The van der Waals surface area contributed by atoms with Crippen LogP contribution in [0.15, 0.2) is 42.5 Å². The first-order valence-corrected chi connectivity index (χ1v) is 15.6. The molecule has 3 N–H and O–H groups in total. The number of hydrogen-bond acceptors (Lipinski definition) is 8. The Morgan fingerprint density at radius 2 is 1.91 bits per heavy atom. The van der Waals surface area contributed by atoms with Crippen molar-refractivity contribution in [1.82, 2.24) is 10.2 Å². The van der Waals surface area contributed by atoms with E-state index < -0.39 is 11.6 Å². The van der Waals surface area contributed by atoms with E-state index in [1.165, 1.54) is 6.92 Å². The largest absolute Gasteiger partial charge is 0.497 e. The van der Waals surface area contributed by atoms with Gasteiger partial charge in [-0.2, -0.15) is 0 Å².